The topological polar surface area (TPSA) is 48.9 Å². The lowest BCUT2D eigenvalue weighted by atomic mass is 9.83. The summed E-state index contributed by atoms with van der Waals surface area (Å²) in [5.74, 6) is 1.69. The van der Waals surface area contributed by atoms with Gasteiger partial charge in [-0.1, -0.05) is 19.3 Å². The first-order valence-corrected chi connectivity index (χ1v) is 8.36. The van der Waals surface area contributed by atoms with E-state index in [0.717, 1.165) is 31.5 Å². The van der Waals surface area contributed by atoms with Crippen molar-refractivity contribution in [3.63, 3.8) is 0 Å². The molecule has 1 atom stereocenters. The van der Waals surface area contributed by atoms with E-state index in [2.05, 4.69) is 36.6 Å². The molecule has 1 saturated carbocycles. The molecule has 0 amide bonds. The van der Waals surface area contributed by atoms with E-state index in [0.29, 0.717) is 12.6 Å². The fourth-order valence-electron chi connectivity index (χ4n) is 3.05. The van der Waals surface area contributed by atoms with E-state index >= 15 is 0 Å². The Morgan fingerprint density at radius 1 is 1.24 bits per heavy atom. The Morgan fingerprint density at radius 3 is 2.52 bits per heavy atom. The molecular formula is C16H34N4O. The van der Waals surface area contributed by atoms with Crippen LogP contribution in [0.15, 0.2) is 4.99 Å². The smallest absolute Gasteiger partial charge is 0.191 e. The van der Waals surface area contributed by atoms with Crippen LogP contribution in [-0.4, -0.2) is 64.3 Å². The molecular weight excluding hydrogens is 264 g/mol. The van der Waals surface area contributed by atoms with Crippen LogP contribution in [-0.2, 0) is 4.74 Å². The van der Waals surface area contributed by atoms with E-state index in [1.807, 2.05) is 0 Å². The van der Waals surface area contributed by atoms with Crippen LogP contribution in [0.5, 0.6) is 0 Å². The average Bonchev–Trinajstić information content (AvgIpc) is 2.48. The maximum absolute atomic E-state index is 5.08. The van der Waals surface area contributed by atoms with E-state index < -0.39 is 0 Å². The van der Waals surface area contributed by atoms with Gasteiger partial charge in [0, 0.05) is 26.2 Å². The summed E-state index contributed by atoms with van der Waals surface area (Å²) in [6.45, 7) is 5.33. The van der Waals surface area contributed by atoms with Crippen LogP contribution < -0.4 is 10.6 Å². The lowest BCUT2D eigenvalue weighted by Gasteiger charge is -2.34. The van der Waals surface area contributed by atoms with Crippen LogP contribution in [0.4, 0.5) is 0 Å². The van der Waals surface area contributed by atoms with Gasteiger partial charge in [0.15, 0.2) is 5.96 Å². The van der Waals surface area contributed by atoms with Crippen molar-refractivity contribution in [1.82, 2.24) is 15.5 Å². The zero-order valence-corrected chi connectivity index (χ0v) is 14.3. The Balaban J connectivity index is 2.55. The van der Waals surface area contributed by atoms with Crippen molar-refractivity contribution >= 4 is 5.96 Å². The minimum Gasteiger partial charge on any atom is -0.383 e. The van der Waals surface area contributed by atoms with Crippen LogP contribution in [0.3, 0.4) is 0 Å². The molecule has 5 nitrogen and oxygen atoms in total. The van der Waals surface area contributed by atoms with Gasteiger partial charge in [-0.2, -0.15) is 0 Å². The van der Waals surface area contributed by atoms with E-state index in [-0.39, 0.29) is 0 Å². The molecule has 124 valence electrons. The molecule has 1 unspecified atom stereocenters. The van der Waals surface area contributed by atoms with Gasteiger partial charge in [0.2, 0.25) is 0 Å². The highest BCUT2D eigenvalue weighted by atomic mass is 16.5. The second-order valence-corrected chi connectivity index (χ2v) is 6.07. The van der Waals surface area contributed by atoms with E-state index in [1.54, 1.807) is 7.11 Å². The number of guanidine groups is 1. The van der Waals surface area contributed by atoms with Crippen LogP contribution in [0.2, 0.25) is 0 Å². The zero-order chi connectivity index (χ0) is 15.5. The lowest BCUT2D eigenvalue weighted by Crippen LogP contribution is -2.42. The number of methoxy groups -OCH3 is 1. The summed E-state index contributed by atoms with van der Waals surface area (Å²) in [7, 11) is 6.08. The van der Waals surface area contributed by atoms with Crippen LogP contribution in [0, 0.1) is 5.92 Å². The number of hydrogen-bond acceptors (Lipinski definition) is 3. The van der Waals surface area contributed by atoms with Gasteiger partial charge < -0.3 is 20.3 Å². The maximum Gasteiger partial charge on any atom is 0.191 e. The highest BCUT2D eigenvalue weighted by molar-refractivity contribution is 5.79. The van der Waals surface area contributed by atoms with Crippen molar-refractivity contribution in [2.45, 2.75) is 45.1 Å². The quantitative estimate of drug-likeness (QED) is 0.407. The highest BCUT2D eigenvalue weighted by Gasteiger charge is 2.25. The summed E-state index contributed by atoms with van der Waals surface area (Å²) >= 11 is 0. The minimum atomic E-state index is 0.545. The second-order valence-electron chi connectivity index (χ2n) is 6.07. The molecule has 0 bridgehead atoms. The largest absolute Gasteiger partial charge is 0.383 e. The first kappa shape index (κ1) is 18.2. The molecule has 1 rings (SSSR count). The monoisotopic (exact) mass is 298 g/mol. The van der Waals surface area contributed by atoms with Crippen molar-refractivity contribution in [2.75, 3.05) is 47.4 Å². The molecule has 0 aromatic heterocycles. The fraction of sp³-hybridized carbons (Fsp3) is 0.938. The van der Waals surface area contributed by atoms with Gasteiger partial charge in [0.1, 0.15) is 0 Å². The van der Waals surface area contributed by atoms with Crippen molar-refractivity contribution in [2.24, 2.45) is 10.9 Å². The Kier molecular flexibility index (Phi) is 9.42. The SMILES string of the molecule is CCNC(=NCC(C1CCCCC1)N(C)C)NCCOC. The third-order valence-electron chi connectivity index (χ3n) is 4.24. The predicted molar refractivity (Wildman–Crippen MR) is 89.9 cm³/mol. The van der Waals surface area contributed by atoms with Crippen molar-refractivity contribution in [3.8, 4) is 0 Å². The molecule has 0 heterocycles. The number of hydrogen-bond donors (Lipinski definition) is 2. The second kappa shape index (κ2) is 10.9. The summed E-state index contributed by atoms with van der Waals surface area (Å²) < 4.78 is 5.08. The van der Waals surface area contributed by atoms with Gasteiger partial charge in [0.25, 0.3) is 0 Å². The Bertz CT molecular complexity index is 288. The number of nitrogens with one attached hydrogen (secondary N) is 2. The van der Waals surface area contributed by atoms with Crippen molar-refractivity contribution < 1.29 is 4.74 Å². The molecule has 0 saturated heterocycles. The summed E-state index contributed by atoms with van der Waals surface area (Å²) in [5.41, 5.74) is 0. The van der Waals surface area contributed by atoms with E-state index in [1.165, 1.54) is 32.1 Å². The molecule has 5 heteroatoms. The number of ether oxygens (including phenoxy) is 1. The van der Waals surface area contributed by atoms with Gasteiger partial charge in [-0.3, -0.25) is 4.99 Å². The molecule has 1 aliphatic rings. The first-order chi connectivity index (χ1) is 10.2. The molecule has 0 aromatic carbocycles. The summed E-state index contributed by atoms with van der Waals surface area (Å²) in [6.07, 6.45) is 6.87. The van der Waals surface area contributed by atoms with Crippen molar-refractivity contribution in [1.29, 1.82) is 0 Å². The van der Waals surface area contributed by atoms with Gasteiger partial charge in [0.05, 0.1) is 13.2 Å². The van der Waals surface area contributed by atoms with E-state index in [9.17, 15) is 0 Å². The van der Waals surface area contributed by atoms with E-state index in [4.69, 9.17) is 9.73 Å². The minimum absolute atomic E-state index is 0.545. The number of likely N-dealkylation sites (N-methyl/N-ethyl adjacent to an activating group) is 1. The molecule has 0 aliphatic heterocycles. The van der Waals surface area contributed by atoms with Crippen LogP contribution in [0.1, 0.15) is 39.0 Å². The summed E-state index contributed by atoms with van der Waals surface area (Å²) in [4.78, 5) is 7.12. The number of nitrogens with zero attached hydrogens (tertiary/aromatic N) is 2. The zero-order valence-electron chi connectivity index (χ0n) is 14.3. The average molecular weight is 298 g/mol. The summed E-state index contributed by atoms with van der Waals surface area (Å²) in [6, 6.07) is 0.545. The standard InChI is InChI=1S/C16H34N4O/c1-5-17-16(18-11-12-21-4)19-13-15(20(2)3)14-9-7-6-8-10-14/h14-15H,5-13H2,1-4H3,(H2,17,18,19). The summed E-state index contributed by atoms with van der Waals surface area (Å²) in [5, 5.41) is 6.62. The maximum atomic E-state index is 5.08. The third kappa shape index (κ3) is 7.14. The fourth-order valence-corrected chi connectivity index (χ4v) is 3.05. The van der Waals surface area contributed by atoms with Gasteiger partial charge in [-0.25, -0.2) is 0 Å². The molecule has 21 heavy (non-hydrogen) atoms. The Hall–Kier alpha value is -0.810. The van der Waals surface area contributed by atoms with Gasteiger partial charge in [-0.15, -0.1) is 0 Å². The third-order valence-corrected chi connectivity index (χ3v) is 4.24. The molecule has 0 radical (unpaired) electrons. The molecule has 0 aromatic rings. The Labute approximate surface area is 130 Å². The molecule has 2 N–H and O–H groups in total. The predicted octanol–water partition coefficient (Wildman–Crippen LogP) is 1.70. The number of aliphatic imine (C=N–C) groups is 1. The highest BCUT2D eigenvalue weighted by Crippen LogP contribution is 2.28. The first-order valence-electron chi connectivity index (χ1n) is 8.36. The van der Waals surface area contributed by atoms with Gasteiger partial charge >= 0.3 is 0 Å². The van der Waals surface area contributed by atoms with Crippen LogP contribution >= 0.6 is 0 Å². The number of rotatable bonds is 8. The van der Waals surface area contributed by atoms with Crippen LogP contribution in [0.25, 0.3) is 0 Å². The molecule has 1 fully saturated rings. The normalized spacial score (nSPS) is 18.8. The molecule has 0 spiro atoms. The molecule has 1 aliphatic carbocycles. The Morgan fingerprint density at radius 2 is 1.95 bits per heavy atom. The van der Waals surface area contributed by atoms with Gasteiger partial charge in [-0.05, 0) is 39.8 Å². The lowest BCUT2D eigenvalue weighted by molar-refractivity contribution is 0.175. The van der Waals surface area contributed by atoms with Crippen molar-refractivity contribution in [3.05, 3.63) is 0 Å².